The number of nitrogens with zero attached hydrogens (tertiary/aromatic N) is 1. The second-order valence-corrected chi connectivity index (χ2v) is 6.48. The van der Waals surface area contributed by atoms with Crippen molar-refractivity contribution in [3.8, 4) is 0 Å². The van der Waals surface area contributed by atoms with Crippen LogP contribution in [0.1, 0.15) is 18.4 Å². The highest BCUT2D eigenvalue weighted by atomic mass is 35.5. The maximum Gasteiger partial charge on any atom is 0.225 e. The third kappa shape index (κ3) is 3.96. The van der Waals surface area contributed by atoms with E-state index in [-0.39, 0.29) is 11.8 Å². The van der Waals surface area contributed by atoms with Gasteiger partial charge < -0.3 is 10.6 Å². The van der Waals surface area contributed by atoms with Gasteiger partial charge in [0.15, 0.2) is 0 Å². The molecule has 5 heteroatoms. The Morgan fingerprint density at radius 2 is 1.90 bits per heavy atom. The first kappa shape index (κ1) is 14.8. The summed E-state index contributed by atoms with van der Waals surface area (Å²) in [5.74, 6) is 0.419. The van der Waals surface area contributed by atoms with Gasteiger partial charge in [0.2, 0.25) is 5.91 Å². The molecular formula is C16H22ClN3O. The summed E-state index contributed by atoms with van der Waals surface area (Å²) in [5, 5.41) is 7.11. The Bertz CT molecular complexity index is 479. The molecule has 1 aromatic carbocycles. The Labute approximate surface area is 130 Å². The van der Waals surface area contributed by atoms with E-state index < -0.39 is 0 Å². The van der Waals surface area contributed by atoms with Crippen LogP contribution in [0.5, 0.6) is 0 Å². The van der Waals surface area contributed by atoms with E-state index >= 15 is 0 Å². The monoisotopic (exact) mass is 307 g/mol. The number of carbonyl (C=O) groups excluding carboxylic acids is 1. The minimum atomic E-state index is 0.192. The second-order valence-electron chi connectivity index (χ2n) is 6.04. The number of benzene rings is 1. The van der Waals surface area contributed by atoms with Crippen LogP contribution in [0.2, 0.25) is 5.02 Å². The fraction of sp³-hybridized carbons (Fsp3) is 0.562. The predicted octanol–water partition coefficient (Wildman–Crippen LogP) is 1.64. The smallest absolute Gasteiger partial charge is 0.225 e. The zero-order valence-corrected chi connectivity index (χ0v) is 12.9. The summed E-state index contributed by atoms with van der Waals surface area (Å²) in [6.07, 6.45) is 2.08. The summed E-state index contributed by atoms with van der Waals surface area (Å²) in [4.78, 5) is 14.4. The van der Waals surface area contributed by atoms with Gasteiger partial charge in [-0.3, -0.25) is 9.69 Å². The quantitative estimate of drug-likeness (QED) is 0.889. The number of hydrogen-bond acceptors (Lipinski definition) is 3. The molecule has 0 aromatic heterocycles. The van der Waals surface area contributed by atoms with Crippen LogP contribution in [-0.2, 0) is 11.3 Å². The molecule has 0 bridgehead atoms. The van der Waals surface area contributed by atoms with Gasteiger partial charge in [0.25, 0.3) is 0 Å². The van der Waals surface area contributed by atoms with Gasteiger partial charge in [0, 0.05) is 43.8 Å². The average molecular weight is 308 g/mol. The normalized spacial score (nSPS) is 21.0. The highest BCUT2D eigenvalue weighted by Crippen LogP contribution is 2.16. The Balaban J connectivity index is 1.42. The lowest BCUT2D eigenvalue weighted by Crippen LogP contribution is -2.54. The van der Waals surface area contributed by atoms with Crippen LogP contribution in [0, 0.1) is 5.92 Å². The maximum atomic E-state index is 11.9. The number of halogens is 1. The van der Waals surface area contributed by atoms with Crippen LogP contribution >= 0.6 is 11.6 Å². The van der Waals surface area contributed by atoms with Crippen LogP contribution in [0.3, 0.4) is 0 Å². The maximum absolute atomic E-state index is 11.9. The van der Waals surface area contributed by atoms with Gasteiger partial charge in [-0.2, -0.15) is 0 Å². The molecule has 4 nitrogen and oxygen atoms in total. The van der Waals surface area contributed by atoms with Gasteiger partial charge in [-0.05, 0) is 30.5 Å². The second kappa shape index (κ2) is 6.77. The topological polar surface area (TPSA) is 44.4 Å². The van der Waals surface area contributed by atoms with Crippen LogP contribution in [-0.4, -0.2) is 43.0 Å². The highest BCUT2D eigenvalue weighted by Gasteiger charge is 2.28. The number of piperidine rings is 1. The molecule has 0 saturated carbocycles. The van der Waals surface area contributed by atoms with Crippen molar-refractivity contribution in [1.82, 2.24) is 15.5 Å². The van der Waals surface area contributed by atoms with E-state index in [1.807, 2.05) is 12.1 Å². The summed E-state index contributed by atoms with van der Waals surface area (Å²) in [7, 11) is 0. The first-order valence-corrected chi connectivity index (χ1v) is 8.06. The van der Waals surface area contributed by atoms with Gasteiger partial charge in [-0.15, -0.1) is 0 Å². The van der Waals surface area contributed by atoms with Crippen molar-refractivity contribution in [2.75, 3.05) is 26.2 Å². The number of nitrogens with one attached hydrogen (secondary N) is 2. The molecule has 1 amide bonds. The third-order valence-electron chi connectivity index (χ3n) is 4.41. The summed E-state index contributed by atoms with van der Waals surface area (Å²) >= 11 is 5.91. The van der Waals surface area contributed by atoms with Crippen molar-refractivity contribution in [2.45, 2.75) is 25.4 Å². The summed E-state index contributed by atoms with van der Waals surface area (Å²) in [6, 6.07) is 8.40. The minimum absolute atomic E-state index is 0.192. The number of rotatable bonds is 4. The highest BCUT2D eigenvalue weighted by molar-refractivity contribution is 6.30. The molecule has 3 rings (SSSR count). The average Bonchev–Trinajstić information content (AvgIpc) is 2.41. The van der Waals surface area contributed by atoms with Crippen molar-refractivity contribution in [3.63, 3.8) is 0 Å². The van der Waals surface area contributed by atoms with Crippen molar-refractivity contribution >= 4 is 17.5 Å². The van der Waals surface area contributed by atoms with Gasteiger partial charge >= 0.3 is 0 Å². The van der Waals surface area contributed by atoms with E-state index in [9.17, 15) is 4.79 Å². The van der Waals surface area contributed by atoms with Crippen LogP contribution in [0.25, 0.3) is 0 Å². The van der Waals surface area contributed by atoms with Crippen molar-refractivity contribution in [1.29, 1.82) is 0 Å². The third-order valence-corrected chi connectivity index (χ3v) is 4.66. The fourth-order valence-electron chi connectivity index (χ4n) is 2.88. The van der Waals surface area contributed by atoms with Gasteiger partial charge in [0.1, 0.15) is 0 Å². The van der Waals surface area contributed by atoms with E-state index in [0.29, 0.717) is 6.04 Å². The van der Waals surface area contributed by atoms with Gasteiger partial charge in [-0.1, -0.05) is 23.7 Å². The zero-order chi connectivity index (χ0) is 14.7. The largest absolute Gasteiger partial charge is 0.353 e. The van der Waals surface area contributed by atoms with Gasteiger partial charge in [-0.25, -0.2) is 0 Å². The Kier molecular flexibility index (Phi) is 4.78. The van der Waals surface area contributed by atoms with Crippen LogP contribution < -0.4 is 10.6 Å². The van der Waals surface area contributed by atoms with Crippen molar-refractivity contribution in [2.24, 2.45) is 5.92 Å². The summed E-state index contributed by atoms with van der Waals surface area (Å²) in [5.41, 5.74) is 1.29. The Hall–Kier alpha value is -1.10. The predicted molar refractivity (Wildman–Crippen MR) is 84.3 cm³/mol. The number of carbonyl (C=O) groups is 1. The first-order chi connectivity index (χ1) is 10.2. The Morgan fingerprint density at radius 3 is 2.48 bits per heavy atom. The van der Waals surface area contributed by atoms with E-state index in [1.54, 1.807) is 0 Å². The van der Waals surface area contributed by atoms with Crippen LogP contribution in [0.15, 0.2) is 24.3 Å². The molecule has 0 radical (unpaired) electrons. The number of hydrogen-bond donors (Lipinski definition) is 2. The van der Waals surface area contributed by atoms with Crippen molar-refractivity contribution < 1.29 is 4.79 Å². The number of likely N-dealkylation sites (tertiary alicyclic amines) is 1. The lowest BCUT2D eigenvalue weighted by molar-refractivity contribution is -0.127. The van der Waals surface area contributed by atoms with E-state index in [0.717, 1.165) is 50.6 Å². The minimum Gasteiger partial charge on any atom is -0.353 e. The van der Waals surface area contributed by atoms with Crippen LogP contribution in [0.4, 0.5) is 0 Å². The molecular weight excluding hydrogens is 286 g/mol. The van der Waals surface area contributed by atoms with E-state index in [4.69, 9.17) is 11.6 Å². The molecule has 2 aliphatic rings. The van der Waals surface area contributed by atoms with E-state index in [1.165, 1.54) is 5.56 Å². The molecule has 2 N–H and O–H groups in total. The lowest BCUT2D eigenvalue weighted by Gasteiger charge is -2.34. The number of amides is 1. The summed E-state index contributed by atoms with van der Waals surface area (Å²) in [6.45, 7) is 4.71. The molecule has 1 aromatic rings. The standard InChI is InChI=1S/C16H22ClN3O/c17-14-3-1-12(2-4-14)11-20-7-5-15(6-8-20)19-16(21)13-9-18-10-13/h1-4,13,15,18H,5-11H2,(H,19,21). The lowest BCUT2D eigenvalue weighted by atomic mass is 9.99. The van der Waals surface area contributed by atoms with Gasteiger partial charge in [0.05, 0.1) is 5.92 Å². The first-order valence-electron chi connectivity index (χ1n) is 7.68. The van der Waals surface area contributed by atoms with E-state index in [2.05, 4.69) is 27.7 Å². The van der Waals surface area contributed by atoms with Crippen molar-refractivity contribution in [3.05, 3.63) is 34.9 Å². The zero-order valence-electron chi connectivity index (χ0n) is 12.1. The summed E-state index contributed by atoms with van der Waals surface area (Å²) < 4.78 is 0. The molecule has 2 saturated heterocycles. The fourth-order valence-corrected chi connectivity index (χ4v) is 3.00. The SMILES string of the molecule is O=C(NC1CCN(Cc2ccc(Cl)cc2)CC1)C1CNC1. The Morgan fingerprint density at radius 1 is 1.24 bits per heavy atom. The molecule has 114 valence electrons. The molecule has 0 atom stereocenters. The molecule has 0 aliphatic carbocycles. The molecule has 0 spiro atoms. The molecule has 2 fully saturated rings. The molecule has 2 aliphatic heterocycles. The molecule has 0 unspecified atom stereocenters. The molecule has 2 heterocycles. The molecule has 21 heavy (non-hydrogen) atoms.